The van der Waals surface area contributed by atoms with Crippen LogP contribution in [0.3, 0.4) is 0 Å². The van der Waals surface area contributed by atoms with Crippen LogP contribution >= 0.6 is 25.3 Å². The normalized spacial score (nSPS) is 9.47. The van der Waals surface area contributed by atoms with E-state index < -0.39 is 16.5 Å². The maximum Gasteiger partial charge on any atom is 0.211 e. The van der Waals surface area contributed by atoms with Crippen molar-refractivity contribution in [3.63, 3.8) is 0 Å². The zero-order valence-electron chi connectivity index (χ0n) is 8.42. The summed E-state index contributed by atoms with van der Waals surface area (Å²) in [4.78, 5) is 20.1. The zero-order chi connectivity index (χ0) is 12.3. The van der Waals surface area contributed by atoms with Gasteiger partial charge in [-0.25, -0.2) is 0 Å². The van der Waals surface area contributed by atoms with Crippen molar-refractivity contribution >= 4 is 35.5 Å². The van der Waals surface area contributed by atoms with Gasteiger partial charge in [0.15, 0.2) is 6.29 Å². The maximum atomic E-state index is 10.0. The third-order valence-corrected chi connectivity index (χ3v) is 1.26. The number of hydrogen-bond donors (Lipinski definition) is 4. The van der Waals surface area contributed by atoms with Gasteiger partial charge in [-0.15, -0.1) is 25.3 Å². The van der Waals surface area contributed by atoms with Gasteiger partial charge >= 0.3 is 0 Å². The van der Waals surface area contributed by atoms with E-state index >= 15 is 0 Å². The molecule has 90 valence electrons. The minimum absolute atomic E-state index is 0.143. The maximum absolute atomic E-state index is 10.0. The molecule has 0 aromatic heterocycles. The Hall–Kier alpha value is -0.0800. The van der Waals surface area contributed by atoms with Crippen molar-refractivity contribution in [1.82, 2.24) is 0 Å². The van der Waals surface area contributed by atoms with Crippen LogP contribution in [0, 0.1) is 0 Å². The van der Waals surface area contributed by atoms with E-state index in [-0.39, 0.29) is 13.2 Å². The molecular weight excluding hydrogens is 240 g/mol. The molecule has 0 aliphatic rings. The van der Waals surface area contributed by atoms with Gasteiger partial charge in [0.25, 0.3) is 0 Å². The topological polar surface area (TPSA) is 83.8 Å². The number of carbonyl (C=O) groups excluding carboxylic acids is 2. The van der Waals surface area contributed by atoms with Gasteiger partial charge in [-0.2, -0.15) is 0 Å². The Morgan fingerprint density at radius 2 is 1.60 bits per heavy atom. The summed E-state index contributed by atoms with van der Waals surface area (Å²) in [6.45, 7) is 1.62. The second kappa shape index (κ2) is 12.0. The molecule has 0 aliphatic heterocycles. The van der Waals surface area contributed by atoms with Crippen LogP contribution in [0.5, 0.6) is 0 Å². The lowest BCUT2D eigenvalue weighted by molar-refractivity contribution is -0.119. The third kappa shape index (κ3) is 24.9. The van der Waals surface area contributed by atoms with Crippen molar-refractivity contribution in [2.45, 2.75) is 26.1 Å². The predicted molar refractivity (Wildman–Crippen MR) is 61.9 cm³/mol. The van der Waals surface area contributed by atoms with Crippen LogP contribution in [0.15, 0.2) is 0 Å². The molecule has 0 fully saturated rings. The second-order valence-electron chi connectivity index (χ2n) is 2.55. The van der Waals surface area contributed by atoms with Gasteiger partial charge in [0.2, 0.25) is 10.2 Å². The Bertz CT molecular complexity index is 170. The number of aliphatic hydroxyl groups excluding tert-OH is 1. The van der Waals surface area contributed by atoms with Crippen LogP contribution < -0.4 is 0 Å². The zero-order valence-corrected chi connectivity index (χ0v) is 10.2. The van der Waals surface area contributed by atoms with E-state index in [1.807, 2.05) is 6.92 Å². The van der Waals surface area contributed by atoms with Crippen LogP contribution in [0.25, 0.3) is 0 Å². The van der Waals surface area contributed by atoms with Gasteiger partial charge in [0, 0.05) is 0 Å². The molecule has 0 rings (SSSR count). The van der Waals surface area contributed by atoms with Crippen LogP contribution in [-0.2, 0) is 14.3 Å². The number of hydrogen-bond acceptors (Lipinski definition) is 5. The summed E-state index contributed by atoms with van der Waals surface area (Å²) in [7, 11) is 0. The van der Waals surface area contributed by atoms with Crippen LogP contribution in [-0.4, -0.2) is 39.9 Å². The second-order valence-corrected chi connectivity index (χ2v) is 3.55. The summed E-state index contributed by atoms with van der Waals surface area (Å²) >= 11 is 6.80. The molecule has 0 spiro atoms. The van der Waals surface area contributed by atoms with E-state index in [1.165, 1.54) is 0 Å². The summed E-state index contributed by atoms with van der Waals surface area (Å²) in [5.41, 5.74) is 0. The summed E-state index contributed by atoms with van der Waals surface area (Å²) in [5.74, 6) is 0. The Kier molecular flexibility index (Phi) is 13.8. The highest BCUT2D eigenvalue weighted by Crippen LogP contribution is 1.88. The first-order chi connectivity index (χ1) is 6.90. The van der Waals surface area contributed by atoms with Crippen molar-refractivity contribution in [2.24, 2.45) is 0 Å². The third-order valence-electron chi connectivity index (χ3n) is 0.998. The van der Waals surface area contributed by atoms with Gasteiger partial charge in [0.05, 0.1) is 0 Å². The van der Waals surface area contributed by atoms with E-state index in [0.717, 1.165) is 6.42 Å². The van der Waals surface area contributed by atoms with Crippen LogP contribution in [0.2, 0.25) is 0 Å². The lowest BCUT2D eigenvalue weighted by Gasteiger charge is -1.94. The summed E-state index contributed by atoms with van der Waals surface area (Å²) in [5, 5.41) is 15.4. The molecule has 0 aromatic carbocycles. The van der Waals surface area contributed by atoms with E-state index in [9.17, 15) is 9.59 Å². The van der Waals surface area contributed by atoms with Crippen molar-refractivity contribution in [3.05, 3.63) is 0 Å². The standard InChI is InChI=1S/C4H6O3S2.C4H10O2/c5-3(8)1-7-2-4(6)9;1-2-3-4(5)6/h1-2H2,(H,5,8)(H,6,9);4-6H,2-3H2,1H3. The van der Waals surface area contributed by atoms with E-state index in [4.69, 9.17) is 10.2 Å². The molecule has 0 saturated heterocycles. The molecule has 7 heteroatoms. The first-order valence-corrected chi connectivity index (χ1v) is 5.17. The van der Waals surface area contributed by atoms with Crippen molar-refractivity contribution in [3.8, 4) is 0 Å². The van der Waals surface area contributed by atoms with Crippen LogP contribution in [0.4, 0.5) is 0 Å². The van der Waals surface area contributed by atoms with Crippen molar-refractivity contribution in [1.29, 1.82) is 0 Å². The lowest BCUT2D eigenvalue weighted by atomic mass is 10.3. The average Bonchev–Trinajstić information content (AvgIpc) is 2.03. The molecule has 5 nitrogen and oxygen atoms in total. The number of thiol groups is 2. The highest BCUT2D eigenvalue weighted by Gasteiger charge is 1.96. The molecule has 0 aliphatic carbocycles. The molecule has 0 amide bonds. The first kappa shape index (κ1) is 17.3. The summed E-state index contributed by atoms with van der Waals surface area (Å²) < 4.78 is 4.50. The minimum Gasteiger partial charge on any atom is -0.368 e. The molecule has 0 atom stereocenters. The molecule has 2 N–H and O–H groups in total. The van der Waals surface area contributed by atoms with Gasteiger partial charge in [0.1, 0.15) is 13.2 Å². The fourth-order valence-corrected chi connectivity index (χ4v) is 0.666. The van der Waals surface area contributed by atoms with Crippen molar-refractivity contribution < 1.29 is 24.5 Å². The van der Waals surface area contributed by atoms with Gasteiger partial charge in [-0.1, -0.05) is 13.3 Å². The van der Waals surface area contributed by atoms with Gasteiger partial charge in [-0.3, -0.25) is 9.59 Å². The minimum atomic E-state index is -1.10. The summed E-state index contributed by atoms with van der Waals surface area (Å²) in [6, 6.07) is 0. The fraction of sp³-hybridized carbons (Fsp3) is 0.750. The van der Waals surface area contributed by atoms with Gasteiger partial charge in [-0.05, 0) is 6.42 Å². The quantitative estimate of drug-likeness (QED) is 0.397. The predicted octanol–water partition coefficient (Wildman–Crippen LogP) is 0.0130. The molecule has 0 unspecified atom stereocenters. The molecule has 0 bridgehead atoms. The van der Waals surface area contributed by atoms with Crippen LogP contribution in [0.1, 0.15) is 19.8 Å². The number of aliphatic hydroxyl groups is 2. The Morgan fingerprint density at radius 3 is 1.73 bits per heavy atom. The Balaban J connectivity index is 0. The number of rotatable bonds is 6. The highest BCUT2D eigenvalue weighted by molar-refractivity contribution is 7.96. The first-order valence-electron chi connectivity index (χ1n) is 4.27. The summed E-state index contributed by atoms with van der Waals surface area (Å²) in [6.07, 6.45) is 0.215. The molecule has 0 saturated carbocycles. The molecule has 0 heterocycles. The monoisotopic (exact) mass is 256 g/mol. The van der Waals surface area contributed by atoms with Gasteiger partial charge < -0.3 is 14.9 Å². The molecular formula is C8H16O5S2. The largest absolute Gasteiger partial charge is 0.368 e. The highest BCUT2D eigenvalue weighted by atomic mass is 32.1. The lowest BCUT2D eigenvalue weighted by Crippen LogP contribution is -2.07. The van der Waals surface area contributed by atoms with E-state index in [0.29, 0.717) is 6.42 Å². The van der Waals surface area contributed by atoms with E-state index in [1.54, 1.807) is 0 Å². The number of ether oxygens (including phenoxy) is 1. The SMILES string of the molecule is CCCC(O)O.O=C(S)COCC(=O)S. The van der Waals surface area contributed by atoms with E-state index in [2.05, 4.69) is 30.0 Å². The molecule has 0 aromatic rings. The Labute approximate surface area is 99.6 Å². The van der Waals surface area contributed by atoms with Crippen molar-refractivity contribution in [2.75, 3.05) is 13.2 Å². The average molecular weight is 256 g/mol. The molecule has 0 radical (unpaired) electrons. The fourth-order valence-electron chi connectivity index (χ4n) is 0.484. The smallest absolute Gasteiger partial charge is 0.211 e. The molecule has 15 heavy (non-hydrogen) atoms. The Morgan fingerprint density at radius 1 is 1.20 bits per heavy atom. The number of carbonyl (C=O) groups is 2.